The predicted molar refractivity (Wildman–Crippen MR) is 217 cm³/mol. The van der Waals surface area contributed by atoms with Crippen LogP contribution in [0, 0.1) is 0 Å². The SMILES string of the molecule is CCCCCCCCCCCC/C=C/CC/C=C/C(O)C(COP(=O)(O)OCCN)NC(=O)CCCCCCCCCCCCCCCCCC. The summed E-state index contributed by atoms with van der Waals surface area (Å²) in [6.07, 6.45) is 43.7. The molecule has 0 aliphatic carbocycles. The van der Waals surface area contributed by atoms with Crippen molar-refractivity contribution in [3.8, 4) is 0 Å². The molecule has 0 saturated carbocycles. The van der Waals surface area contributed by atoms with E-state index in [0.29, 0.717) is 6.42 Å². The van der Waals surface area contributed by atoms with Crippen molar-refractivity contribution in [2.24, 2.45) is 5.73 Å². The Morgan fingerprint density at radius 1 is 0.627 bits per heavy atom. The van der Waals surface area contributed by atoms with E-state index < -0.39 is 20.0 Å². The normalized spacial score (nSPS) is 14.4. The molecule has 0 heterocycles. The lowest BCUT2D eigenvalue weighted by atomic mass is 10.0. The highest BCUT2D eigenvalue weighted by Crippen LogP contribution is 2.43. The molecule has 3 unspecified atom stereocenters. The maximum atomic E-state index is 12.7. The number of carbonyl (C=O) groups excluding carboxylic acids is 1. The smallest absolute Gasteiger partial charge is 0.387 e. The average Bonchev–Trinajstić information content (AvgIpc) is 3.12. The summed E-state index contributed by atoms with van der Waals surface area (Å²) in [5.41, 5.74) is 5.37. The Labute approximate surface area is 315 Å². The van der Waals surface area contributed by atoms with Crippen LogP contribution in [0.25, 0.3) is 0 Å². The Balaban J connectivity index is 4.26. The predicted octanol–water partition coefficient (Wildman–Crippen LogP) is 11.8. The van der Waals surface area contributed by atoms with Crippen LogP contribution in [0.15, 0.2) is 24.3 Å². The number of unbranched alkanes of at least 4 members (excludes halogenated alkanes) is 26. The zero-order valence-electron chi connectivity index (χ0n) is 33.4. The van der Waals surface area contributed by atoms with Crippen molar-refractivity contribution >= 4 is 13.7 Å². The first-order valence-electron chi connectivity index (χ1n) is 21.5. The number of hydrogen-bond donors (Lipinski definition) is 4. The third kappa shape index (κ3) is 37.1. The molecule has 51 heavy (non-hydrogen) atoms. The topological polar surface area (TPSA) is 131 Å². The number of phosphoric acid groups is 1. The molecule has 0 spiro atoms. The van der Waals surface area contributed by atoms with Crippen LogP contribution >= 0.6 is 7.82 Å². The molecular formula is C42H83N2O6P. The number of nitrogens with two attached hydrogens (primary N) is 1. The first-order valence-corrected chi connectivity index (χ1v) is 23.0. The molecule has 0 aromatic rings. The molecule has 8 nitrogen and oxygen atoms in total. The van der Waals surface area contributed by atoms with Gasteiger partial charge in [-0.2, -0.15) is 0 Å². The summed E-state index contributed by atoms with van der Waals surface area (Å²) >= 11 is 0. The van der Waals surface area contributed by atoms with E-state index in [4.69, 9.17) is 14.8 Å². The van der Waals surface area contributed by atoms with Gasteiger partial charge in [-0.15, -0.1) is 0 Å². The second kappa shape index (κ2) is 38.7. The van der Waals surface area contributed by atoms with Crippen LogP contribution in [-0.4, -0.2) is 47.8 Å². The zero-order valence-corrected chi connectivity index (χ0v) is 34.2. The minimum Gasteiger partial charge on any atom is -0.387 e. The molecule has 0 bridgehead atoms. The van der Waals surface area contributed by atoms with Gasteiger partial charge in [-0.25, -0.2) is 4.57 Å². The van der Waals surface area contributed by atoms with Gasteiger partial charge < -0.3 is 21.1 Å². The van der Waals surface area contributed by atoms with E-state index >= 15 is 0 Å². The standard InChI is InChI=1S/C42H83N2O6P/c1-3-5-7-9-11-13-15-17-19-21-23-25-27-29-31-33-35-41(45)40(39-50-51(47,48)49-38-37-43)44-42(46)36-34-32-30-28-26-24-22-20-18-16-14-12-10-8-6-4-2/h25,27,33,35,40-41,45H,3-24,26,28-32,34,36-39,43H2,1-2H3,(H,44,46)(H,47,48)/b27-25+,35-33+. The van der Waals surface area contributed by atoms with Gasteiger partial charge in [0.05, 0.1) is 25.4 Å². The molecular weight excluding hydrogens is 659 g/mol. The molecule has 5 N–H and O–H groups in total. The summed E-state index contributed by atoms with van der Waals surface area (Å²) in [7, 11) is -4.34. The Bertz CT molecular complexity index is 855. The first-order chi connectivity index (χ1) is 24.9. The van der Waals surface area contributed by atoms with Gasteiger partial charge in [0, 0.05) is 13.0 Å². The number of hydrogen-bond acceptors (Lipinski definition) is 6. The Morgan fingerprint density at radius 3 is 1.51 bits per heavy atom. The van der Waals surface area contributed by atoms with Crippen molar-refractivity contribution < 1.29 is 28.4 Å². The highest BCUT2D eigenvalue weighted by molar-refractivity contribution is 7.47. The fourth-order valence-electron chi connectivity index (χ4n) is 6.27. The molecule has 0 aliphatic rings. The summed E-state index contributed by atoms with van der Waals surface area (Å²) in [5.74, 6) is -0.202. The van der Waals surface area contributed by atoms with E-state index in [1.165, 1.54) is 148 Å². The molecule has 0 rings (SSSR count). The van der Waals surface area contributed by atoms with Crippen molar-refractivity contribution in [3.05, 3.63) is 24.3 Å². The van der Waals surface area contributed by atoms with E-state index in [0.717, 1.165) is 38.5 Å². The first kappa shape index (κ1) is 50.0. The van der Waals surface area contributed by atoms with E-state index in [-0.39, 0.29) is 25.7 Å². The van der Waals surface area contributed by atoms with Crippen LogP contribution in [0.1, 0.15) is 206 Å². The highest BCUT2D eigenvalue weighted by atomic mass is 31.2. The minimum absolute atomic E-state index is 0.0758. The third-order valence-corrected chi connectivity index (χ3v) is 10.5. The molecule has 0 aliphatic heterocycles. The fourth-order valence-corrected chi connectivity index (χ4v) is 7.03. The van der Waals surface area contributed by atoms with Gasteiger partial charge in [0.2, 0.25) is 5.91 Å². The highest BCUT2D eigenvalue weighted by Gasteiger charge is 2.26. The van der Waals surface area contributed by atoms with E-state index in [2.05, 4.69) is 31.3 Å². The van der Waals surface area contributed by atoms with Gasteiger partial charge in [0.25, 0.3) is 0 Å². The quantitative estimate of drug-likeness (QED) is 0.0279. The summed E-state index contributed by atoms with van der Waals surface area (Å²) in [6, 6.07) is -0.872. The molecule has 0 saturated heterocycles. The number of phosphoric ester groups is 1. The van der Waals surface area contributed by atoms with Crippen molar-refractivity contribution in [3.63, 3.8) is 0 Å². The van der Waals surface area contributed by atoms with Crippen LogP contribution in [0.2, 0.25) is 0 Å². The second-order valence-electron chi connectivity index (χ2n) is 14.6. The molecule has 302 valence electrons. The van der Waals surface area contributed by atoms with Crippen molar-refractivity contribution in [2.45, 2.75) is 219 Å². The molecule has 0 fully saturated rings. The van der Waals surface area contributed by atoms with Crippen LogP contribution < -0.4 is 11.1 Å². The number of carbonyl (C=O) groups is 1. The van der Waals surface area contributed by atoms with E-state index in [1.807, 2.05) is 6.08 Å². The lowest BCUT2D eigenvalue weighted by Gasteiger charge is -2.23. The lowest BCUT2D eigenvalue weighted by molar-refractivity contribution is -0.123. The van der Waals surface area contributed by atoms with Gasteiger partial charge >= 0.3 is 7.82 Å². The van der Waals surface area contributed by atoms with Crippen LogP contribution in [0.3, 0.4) is 0 Å². The van der Waals surface area contributed by atoms with E-state index in [9.17, 15) is 19.4 Å². The molecule has 3 atom stereocenters. The maximum Gasteiger partial charge on any atom is 0.472 e. The average molecular weight is 743 g/mol. The molecule has 0 aromatic carbocycles. The number of allylic oxidation sites excluding steroid dienone is 3. The number of amides is 1. The van der Waals surface area contributed by atoms with Gasteiger partial charge in [0.15, 0.2) is 0 Å². The lowest BCUT2D eigenvalue weighted by Crippen LogP contribution is -2.45. The van der Waals surface area contributed by atoms with Crippen molar-refractivity contribution in [2.75, 3.05) is 19.8 Å². The summed E-state index contributed by atoms with van der Waals surface area (Å²) in [6.45, 7) is 4.12. The summed E-state index contributed by atoms with van der Waals surface area (Å²) < 4.78 is 22.1. The number of aliphatic hydroxyl groups excluding tert-OH is 1. The number of nitrogens with one attached hydrogen (secondary N) is 1. The summed E-state index contributed by atoms with van der Waals surface area (Å²) in [4.78, 5) is 22.7. The number of rotatable bonds is 40. The third-order valence-electron chi connectivity index (χ3n) is 9.53. The van der Waals surface area contributed by atoms with Crippen molar-refractivity contribution in [1.29, 1.82) is 0 Å². The maximum absolute atomic E-state index is 12.7. The number of aliphatic hydroxyl groups is 1. The Hall–Kier alpha value is -1.02. The molecule has 1 amide bonds. The van der Waals surface area contributed by atoms with Gasteiger partial charge in [-0.3, -0.25) is 13.8 Å². The van der Waals surface area contributed by atoms with Gasteiger partial charge in [0.1, 0.15) is 0 Å². The minimum atomic E-state index is -4.34. The Kier molecular flexibility index (Phi) is 37.9. The van der Waals surface area contributed by atoms with Gasteiger partial charge in [-0.05, 0) is 32.1 Å². The molecule has 0 aromatic heterocycles. The summed E-state index contributed by atoms with van der Waals surface area (Å²) in [5, 5.41) is 13.6. The van der Waals surface area contributed by atoms with Crippen LogP contribution in [-0.2, 0) is 18.4 Å². The van der Waals surface area contributed by atoms with Crippen LogP contribution in [0.5, 0.6) is 0 Å². The second-order valence-corrected chi connectivity index (χ2v) is 16.0. The fraction of sp³-hybridized carbons (Fsp3) is 0.881. The Morgan fingerprint density at radius 2 is 1.04 bits per heavy atom. The van der Waals surface area contributed by atoms with E-state index in [1.54, 1.807) is 6.08 Å². The monoisotopic (exact) mass is 743 g/mol. The molecule has 0 radical (unpaired) electrons. The van der Waals surface area contributed by atoms with Crippen molar-refractivity contribution in [1.82, 2.24) is 5.32 Å². The zero-order chi connectivity index (χ0) is 37.5. The van der Waals surface area contributed by atoms with Crippen LogP contribution in [0.4, 0.5) is 0 Å². The largest absolute Gasteiger partial charge is 0.472 e. The van der Waals surface area contributed by atoms with Gasteiger partial charge in [-0.1, -0.05) is 192 Å². The molecule has 9 heteroatoms.